The minimum absolute atomic E-state index is 0.146. The van der Waals surface area contributed by atoms with Gasteiger partial charge in [-0.15, -0.1) is 0 Å². The molecule has 2 aromatic rings. The van der Waals surface area contributed by atoms with Crippen LogP contribution in [0, 0.1) is 17.6 Å². The molecule has 0 saturated carbocycles. The average molecular weight is 392 g/mol. The van der Waals surface area contributed by atoms with Crippen LogP contribution >= 0.6 is 0 Å². The number of morpholine rings is 1. The molecule has 0 bridgehead atoms. The zero-order chi connectivity index (χ0) is 20.3. The average Bonchev–Trinajstić information content (AvgIpc) is 2.68. The van der Waals surface area contributed by atoms with E-state index in [-0.39, 0.29) is 11.5 Å². The SMILES string of the molecule is CC(C)[C@H](NC(=O)c1cccc(F)c1F)c1cc(=O)[nH]c(N2CCOCC2)n1. The fourth-order valence-corrected chi connectivity index (χ4v) is 3.03. The van der Waals surface area contributed by atoms with Gasteiger partial charge in [0, 0.05) is 19.2 Å². The fourth-order valence-electron chi connectivity index (χ4n) is 3.03. The first-order valence-corrected chi connectivity index (χ1v) is 9.05. The minimum atomic E-state index is -1.21. The molecule has 9 heteroatoms. The highest BCUT2D eigenvalue weighted by Gasteiger charge is 2.25. The van der Waals surface area contributed by atoms with Crippen LogP contribution in [0.4, 0.5) is 14.7 Å². The van der Waals surface area contributed by atoms with E-state index >= 15 is 0 Å². The van der Waals surface area contributed by atoms with Crippen molar-refractivity contribution in [3.63, 3.8) is 0 Å². The molecule has 1 aromatic heterocycles. The van der Waals surface area contributed by atoms with Crippen LogP contribution in [0.3, 0.4) is 0 Å². The third-order valence-electron chi connectivity index (χ3n) is 4.53. The summed E-state index contributed by atoms with van der Waals surface area (Å²) < 4.78 is 32.7. The Kier molecular flexibility index (Phi) is 6.03. The third kappa shape index (κ3) is 4.36. The first kappa shape index (κ1) is 19.9. The van der Waals surface area contributed by atoms with E-state index in [9.17, 15) is 18.4 Å². The van der Waals surface area contributed by atoms with Gasteiger partial charge in [-0.05, 0) is 18.1 Å². The number of carbonyl (C=O) groups is 1. The number of benzene rings is 1. The highest BCUT2D eigenvalue weighted by molar-refractivity contribution is 5.94. The van der Waals surface area contributed by atoms with Crippen LogP contribution in [0.15, 0.2) is 29.1 Å². The van der Waals surface area contributed by atoms with Crippen molar-refractivity contribution in [3.8, 4) is 0 Å². The highest BCUT2D eigenvalue weighted by atomic mass is 19.2. The van der Waals surface area contributed by atoms with E-state index in [2.05, 4.69) is 15.3 Å². The maximum Gasteiger partial charge on any atom is 0.254 e. The van der Waals surface area contributed by atoms with Crippen molar-refractivity contribution in [2.75, 3.05) is 31.2 Å². The summed E-state index contributed by atoms with van der Waals surface area (Å²) in [5, 5.41) is 2.67. The number of carbonyl (C=O) groups excluding carboxylic acids is 1. The topological polar surface area (TPSA) is 87.3 Å². The number of nitrogens with one attached hydrogen (secondary N) is 2. The summed E-state index contributed by atoms with van der Waals surface area (Å²) in [6.07, 6.45) is 0. The summed E-state index contributed by atoms with van der Waals surface area (Å²) in [4.78, 5) is 33.8. The number of hydrogen-bond acceptors (Lipinski definition) is 5. The Hall–Kier alpha value is -2.81. The first-order valence-electron chi connectivity index (χ1n) is 9.05. The molecule has 0 radical (unpaired) electrons. The monoisotopic (exact) mass is 392 g/mol. The Balaban J connectivity index is 1.90. The van der Waals surface area contributed by atoms with Crippen molar-refractivity contribution in [1.29, 1.82) is 0 Å². The molecule has 1 aliphatic heterocycles. The second-order valence-corrected chi connectivity index (χ2v) is 6.89. The molecule has 150 valence electrons. The molecule has 2 N–H and O–H groups in total. The second-order valence-electron chi connectivity index (χ2n) is 6.89. The summed E-state index contributed by atoms with van der Waals surface area (Å²) in [6.45, 7) is 5.89. The number of amides is 1. The number of H-pyrrole nitrogens is 1. The van der Waals surface area contributed by atoms with E-state index in [1.807, 2.05) is 18.7 Å². The Morgan fingerprint density at radius 2 is 2.00 bits per heavy atom. The number of rotatable bonds is 5. The van der Waals surface area contributed by atoms with E-state index in [4.69, 9.17) is 4.74 Å². The van der Waals surface area contributed by atoms with Crippen molar-refractivity contribution >= 4 is 11.9 Å². The van der Waals surface area contributed by atoms with Crippen molar-refractivity contribution < 1.29 is 18.3 Å². The Labute approximate surface area is 160 Å². The molecular formula is C19H22F2N4O3. The lowest BCUT2D eigenvalue weighted by Gasteiger charge is -2.28. The van der Waals surface area contributed by atoms with Gasteiger partial charge in [0.1, 0.15) is 0 Å². The minimum Gasteiger partial charge on any atom is -0.378 e. The van der Waals surface area contributed by atoms with Crippen LogP contribution in [0.2, 0.25) is 0 Å². The molecule has 0 aliphatic carbocycles. The van der Waals surface area contributed by atoms with Gasteiger partial charge in [0.15, 0.2) is 11.6 Å². The molecule has 3 rings (SSSR count). The van der Waals surface area contributed by atoms with Crippen LogP contribution in [-0.2, 0) is 4.74 Å². The molecule has 1 amide bonds. The molecule has 7 nitrogen and oxygen atoms in total. The summed E-state index contributed by atoms with van der Waals surface area (Å²) in [6, 6.07) is 4.06. The number of anilines is 1. The van der Waals surface area contributed by atoms with Crippen molar-refractivity contribution in [2.45, 2.75) is 19.9 Å². The molecular weight excluding hydrogens is 370 g/mol. The van der Waals surface area contributed by atoms with E-state index in [0.717, 1.165) is 6.07 Å². The molecule has 0 unspecified atom stereocenters. The predicted molar refractivity (Wildman–Crippen MR) is 99.3 cm³/mol. The largest absolute Gasteiger partial charge is 0.378 e. The van der Waals surface area contributed by atoms with Gasteiger partial charge < -0.3 is 15.0 Å². The molecule has 1 fully saturated rings. The number of aromatic amines is 1. The number of ether oxygens (including phenoxy) is 1. The van der Waals surface area contributed by atoms with Crippen molar-refractivity contribution in [1.82, 2.24) is 15.3 Å². The van der Waals surface area contributed by atoms with E-state index in [1.54, 1.807) is 0 Å². The Morgan fingerprint density at radius 1 is 1.29 bits per heavy atom. The van der Waals surface area contributed by atoms with Gasteiger partial charge in [-0.3, -0.25) is 14.6 Å². The number of nitrogens with zero attached hydrogens (tertiary/aromatic N) is 2. The Bertz CT molecular complexity index is 910. The van der Waals surface area contributed by atoms with Gasteiger partial charge in [0.25, 0.3) is 11.5 Å². The van der Waals surface area contributed by atoms with Gasteiger partial charge >= 0.3 is 0 Å². The smallest absolute Gasteiger partial charge is 0.254 e. The summed E-state index contributed by atoms with van der Waals surface area (Å²) in [5.74, 6) is -2.84. The van der Waals surface area contributed by atoms with E-state index in [0.29, 0.717) is 37.9 Å². The van der Waals surface area contributed by atoms with E-state index in [1.165, 1.54) is 18.2 Å². The maximum atomic E-state index is 14.0. The van der Waals surface area contributed by atoms with Gasteiger partial charge in [0.05, 0.1) is 30.5 Å². The molecule has 1 atom stereocenters. The first-order chi connectivity index (χ1) is 13.4. The number of hydrogen-bond donors (Lipinski definition) is 2. The van der Waals surface area contributed by atoms with E-state index < -0.39 is 29.1 Å². The Morgan fingerprint density at radius 3 is 2.68 bits per heavy atom. The molecule has 28 heavy (non-hydrogen) atoms. The number of aromatic nitrogens is 2. The number of halogens is 2. The zero-order valence-corrected chi connectivity index (χ0v) is 15.7. The molecule has 1 saturated heterocycles. The van der Waals surface area contributed by atoms with Crippen molar-refractivity contribution in [2.24, 2.45) is 5.92 Å². The summed E-state index contributed by atoms with van der Waals surface area (Å²) >= 11 is 0. The quantitative estimate of drug-likeness (QED) is 0.813. The van der Waals surface area contributed by atoms with Crippen LogP contribution < -0.4 is 15.8 Å². The maximum absolute atomic E-state index is 14.0. The van der Waals surface area contributed by atoms with Crippen LogP contribution in [0.1, 0.15) is 35.9 Å². The second kappa shape index (κ2) is 8.47. The molecule has 2 heterocycles. The van der Waals surface area contributed by atoms with Crippen LogP contribution in [0.5, 0.6) is 0 Å². The zero-order valence-electron chi connectivity index (χ0n) is 15.7. The lowest BCUT2D eigenvalue weighted by atomic mass is 10.00. The highest BCUT2D eigenvalue weighted by Crippen LogP contribution is 2.22. The van der Waals surface area contributed by atoms with Gasteiger partial charge in [-0.1, -0.05) is 19.9 Å². The molecule has 0 spiro atoms. The normalized spacial score (nSPS) is 15.5. The van der Waals surface area contributed by atoms with Gasteiger partial charge in [-0.25, -0.2) is 13.8 Å². The van der Waals surface area contributed by atoms with Crippen LogP contribution in [0.25, 0.3) is 0 Å². The van der Waals surface area contributed by atoms with Crippen LogP contribution in [-0.4, -0.2) is 42.2 Å². The van der Waals surface area contributed by atoms with Gasteiger partial charge in [-0.2, -0.15) is 0 Å². The predicted octanol–water partition coefficient (Wildman–Crippen LogP) is 2.01. The lowest BCUT2D eigenvalue weighted by Crippen LogP contribution is -2.39. The molecule has 1 aliphatic rings. The van der Waals surface area contributed by atoms with Crippen molar-refractivity contribution in [3.05, 3.63) is 57.5 Å². The standard InChI is InChI=1S/C19H22F2N4O3/c1-11(2)17(24-18(27)12-4-3-5-13(20)16(12)21)14-10-15(26)23-19(22-14)25-6-8-28-9-7-25/h3-5,10-11,17H,6-9H2,1-2H3,(H,24,27)(H,22,23,26)/t17-/m0/s1. The third-order valence-corrected chi connectivity index (χ3v) is 4.53. The fraction of sp³-hybridized carbons (Fsp3) is 0.421. The summed E-state index contributed by atoms with van der Waals surface area (Å²) in [7, 11) is 0. The summed E-state index contributed by atoms with van der Waals surface area (Å²) in [5.41, 5.74) is -0.405. The molecule has 1 aromatic carbocycles. The lowest BCUT2D eigenvalue weighted by molar-refractivity contribution is 0.0919. The van der Waals surface area contributed by atoms with Gasteiger partial charge in [0.2, 0.25) is 5.95 Å².